The smallest absolute Gasteiger partial charge is 0.383 e. The molecule has 0 saturated carbocycles. The minimum Gasteiger partial charge on any atom is -0.383 e. The highest BCUT2D eigenvalue weighted by Gasteiger charge is 2.38. The van der Waals surface area contributed by atoms with Crippen molar-refractivity contribution in [2.24, 2.45) is 5.41 Å². The van der Waals surface area contributed by atoms with Gasteiger partial charge in [0.15, 0.2) is 0 Å². The SMILES string of the molecule is C/C=C/C(=O)SCCNC(=O)CCNC(=O)C(O)C(C)(C)COP(=O)(OCc1ccccc1)OCc1ccccc1. The summed E-state index contributed by atoms with van der Waals surface area (Å²) in [5, 5.41) is 15.8. The number of hydrogen-bond acceptors (Lipinski definition) is 9. The van der Waals surface area contributed by atoms with Crippen molar-refractivity contribution in [2.75, 3.05) is 25.4 Å². The highest BCUT2D eigenvalue weighted by Crippen LogP contribution is 2.52. The van der Waals surface area contributed by atoms with Crippen molar-refractivity contribution in [3.63, 3.8) is 0 Å². The van der Waals surface area contributed by atoms with E-state index in [0.29, 0.717) is 12.3 Å². The average Bonchev–Trinajstić information content (AvgIpc) is 2.97. The molecule has 2 amide bonds. The molecule has 0 aliphatic rings. The molecule has 41 heavy (non-hydrogen) atoms. The number of amides is 2. The quantitative estimate of drug-likeness (QED) is 0.128. The van der Waals surface area contributed by atoms with Gasteiger partial charge in [-0.1, -0.05) is 92.3 Å². The van der Waals surface area contributed by atoms with Crippen LogP contribution in [0.2, 0.25) is 0 Å². The zero-order valence-corrected chi connectivity index (χ0v) is 25.3. The second-order valence-electron chi connectivity index (χ2n) is 9.69. The van der Waals surface area contributed by atoms with E-state index in [9.17, 15) is 24.1 Å². The second-order valence-corrected chi connectivity index (χ2v) is 12.5. The lowest BCUT2D eigenvalue weighted by Gasteiger charge is -2.30. The van der Waals surface area contributed by atoms with Gasteiger partial charge in [0, 0.05) is 30.7 Å². The van der Waals surface area contributed by atoms with E-state index in [1.807, 2.05) is 60.7 Å². The zero-order chi connectivity index (χ0) is 30.1. The maximum atomic E-state index is 13.5. The Bertz CT molecular complexity index is 1130. The molecule has 10 nitrogen and oxygen atoms in total. The van der Waals surface area contributed by atoms with Crippen LogP contribution in [0.5, 0.6) is 0 Å². The molecule has 2 aromatic rings. The number of nitrogens with one attached hydrogen (secondary N) is 2. The molecule has 0 fully saturated rings. The van der Waals surface area contributed by atoms with Gasteiger partial charge in [-0.05, 0) is 24.1 Å². The Hall–Kier alpha value is -2.79. The zero-order valence-electron chi connectivity index (χ0n) is 23.6. The van der Waals surface area contributed by atoms with Crippen molar-refractivity contribution < 1.29 is 37.6 Å². The Labute approximate surface area is 245 Å². The third-order valence-corrected chi connectivity index (χ3v) is 7.83. The molecule has 1 unspecified atom stereocenters. The molecule has 3 N–H and O–H groups in total. The highest BCUT2D eigenvalue weighted by molar-refractivity contribution is 8.14. The van der Waals surface area contributed by atoms with Gasteiger partial charge < -0.3 is 15.7 Å². The van der Waals surface area contributed by atoms with Crippen molar-refractivity contribution >= 4 is 36.5 Å². The van der Waals surface area contributed by atoms with Gasteiger partial charge >= 0.3 is 7.82 Å². The Morgan fingerprint density at radius 2 is 1.49 bits per heavy atom. The monoisotopic (exact) mass is 606 g/mol. The predicted octanol–water partition coefficient (Wildman–Crippen LogP) is 4.39. The van der Waals surface area contributed by atoms with E-state index in [1.165, 1.54) is 6.08 Å². The number of thioether (sulfide) groups is 1. The molecule has 0 heterocycles. The molecule has 0 bridgehead atoms. The van der Waals surface area contributed by atoms with Gasteiger partial charge in [0.1, 0.15) is 6.10 Å². The number of benzene rings is 2. The highest BCUT2D eigenvalue weighted by atomic mass is 32.2. The first kappa shape index (κ1) is 34.4. The van der Waals surface area contributed by atoms with Gasteiger partial charge in [-0.25, -0.2) is 4.57 Å². The molecular formula is C29H39N2O8PS. The summed E-state index contributed by atoms with van der Waals surface area (Å²) in [4.78, 5) is 36.0. The van der Waals surface area contributed by atoms with Crippen LogP contribution in [0.4, 0.5) is 0 Å². The molecule has 0 saturated heterocycles. The maximum absolute atomic E-state index is 13.5. The lowest BCUT2D eigenvalue weighted by Crippen LogP contribution is -2.46. The van der Waals surface area contributed by atoms with Gasteiger partial charge in [-0.15, -0.1) is 0 Å². The Balaban J connectivity index is 1.85. The van der Waals surface area contributed by atoms with Crippen molar-refractivity contribution in [1.29, 1.82) is 0 Å². The van der Waals surface area contributed by atoms with Crippen LogP contribution in [-0.2, 0) is 45.7 Å². The van der Waals surface area contributed by atoms with Gasteiger partial charge in [0.25, 0.3) is 0 Å². The average molecular weight is 607 g/mol. The number of aliphatic hydroxyl groups is 1. The van der Waals surface area contributed by atoms with E-state index in [2.05, 4.69) is 10.6 Å². The van der Waals surface area contributed by atoms with Crippen LogP contribution in [0.25, 0.3) is 0 Å². The summed E-state index contributed by atoms with van der Waals surface area (Å²) >= 11 is 1.10. The molecule has 0 spiro atoms. The van der Waals surface area contributed by atoms with Crippen LogP contribution >= 0.6 is 19.6 Å². The molecule has 1 atom stereocenters. The van der Waals surface area contributed by atoms with Crippen molar-refractivity contribution in [2.45, 2.75) is 46.5 Å². The number of phosphoric acid groups is 1. The van der Waals surface area contributed by atoms with Crippen LogP contribution in [0.3, 0.4) is 0 Å². The number of aliphatic hydroxyl groups excluding tert-OH is 1. The fourth-order valence-corrected chi connectivity index (χ4v) is 5.22. The summed E-state index contributed by atoms with van der Waals surface area (Å²) in [6, 6.07) is 18.2. The number of carbonyl (C=O) groups is 3. The Morgan fingerprint density at radius 1 is 0.927 bits per heavy atom. The number of allylic oxidation sites excluding steroid dienone is 1. The van der Waals surface area contributed by atoms with Crippen LogP contribution < -0.4 is 10.6 Å². The first-order valence-corrected chi connectivity index (χ1v) is 15.6. The lowest BCUT2D eigenvalue weighted by atomic mass is 9.87. The third-order valence-electron chi connectivity index (χ3n) is 5.67. The van der Waals surface area contributed by atoms with Gasteiger partial charge in [0.2, 0.25) is 16.9 Å². The fraction of sp³-hybridized carbons (Fsp3) is 0.414. The van der Waals surface area contributed by atoms with Crippen LogP contribution in [-0.4, -0.2) is 53.6 Å². The van der Waals surface area contributed by atoms with E-state index in [0.717, 1.165) is 22.9 Å². The minimum atomic E-state index is -4.10. The first-order valence-electron chi connectivity index (χ1n) is 13.2. The summed E-state index contributed by atoms with van der Waals surface area (Å²) in [5.74, 6) is -0.569. The van der Waals surface area contributed by atoms with Gasteiger partial charge in [-0.3, -0.25) is 28.0 Å². The standard InChI is InChI=1S/C29H39N2O8PS/c1-4-11-26(33)41-19-18-30-25(32)16-17-31-28(35)27(34)29(2,3)22-39-40(36,37-20-23-12-7-5-8-13-23)38-21-24-14-9-6-10-15-24/h4-15,27,34H,16-22H2,1-3H3,(H,30,32)(H,31,35)/b11-4+. The Kier molecular flexibility index (Phi) is 15.0. The molecule has 224 valence electrons. The molecule has 0 aliphatic carbocycles. The van der Waals surface area contributed by atoms with E-state index < -0.39 is 25.2 Å². The normalized spacial score (nSPS) is 12.7. The van der Waals surface area contributed by atoms with Crippen LogP contribution in [0, 0.1) is 5.41 Å². The molecule has 2 rings (SSSR count). The van der Waals surface area contributed by atoms with Crippen molar-refractivity contribution in [1.82, 2.24) is 10.6 Å². The number of phosphoric ester groups is 1. The molecule has 0 aliphatic heterocycles. The topological polar surface area (TPSA) is 140 Å². The van der Waals surface area contributed by atoms with E-state index >= 15 is 0 Å². The van der Waals surface area contributed by atoms with Gasteiger partial charge in [-0.2, -0.15) is 0 Å². The fourth-order valence-electron chi connectivity index (χ4n) is 3.26. The van der Waals surface area contributed by atoms with E-state index in [-0.39, 0.29) is 43.8 Å². The van der Waals surface area contributed by atoms with Crippen LogP contribution in [0.1, 0.15) is 38.3 Å². The predicted molar refractivity (Wildman–Crippen MR) is 159 cm³/mol. The summed E-state index contributed by atoms with van der Waals surface area (Å²) in [7, 11) is -4.10. The van der Waals surface area contributed by atoms with E-state index in [4.69, 9.17) is 13.6 Å². The molecule has 2 aromatic carbocycles. The Morgan fingerprint density at radius 3 is 2.02 bits per heavy atom. The second kappa shape index (κ2) is 17.9. The molecular weight excluding hydrogens is 567 g/mol. The largest absolute Gasteiger partial charge is 0.475 e. The van der Waals surface area contributed by atoms with E-state index in [1.54, 1.807) is 26.8 Å². The summed E-state index contributed by atoms with van der Waals surface area (Å²) in [5.41, 5.74) is 0.358. The maximum Gasteiger partial charge on any atom is 0.475 e. The lowest BCUT2D eigenvalue weighted by molar-refractivity contribution is -0.137. The summed E-state index contributed by atoms with van der Waals surface area (Å²) in [6.07, 6.45) is 1.57. The van der Waals surface area contributed by atoms with Crippen molar-refractivity contribution in [3.8, 4) is 0 Å². The minimum absolute atomic E-state index is 0.00127. The molecule has 0 aromatic heterocycles. The summed E-state index contributed by atoms with van der Waals surface area (Å²) < 4.78 is 30.3. The molecule has 12 heteroatoms. The first-order chi connectivity index (χ1) is 19.5. The summed E-state index contributed by atoms with van der Waals surface area (Å²) in [6.45, 7) is 4.86. The molecule has 0 radical (unpaired) electrons. The number of hydrogen-bond donors (Lipinski definition) is 3. The van der Waals surface area contributed by atoms with Crippen LogP contribution in [0.15, 0.2) is 72.8 Å². The van der Waals surface area contributed by atoms with Gasteiger partial charge in [0.05, 0.1) is 19.8 Å². The third kappa shape index (κ3) is 13.6. The number of rotatable bonds is 18. The van der Waals surface area contributed by atoms with Crippen molar-refractivity contribution in [3.05, 3.63) is 83.9 Å². The number of carbonyl (C=O) groups excluding carboxylic acids is 3.